The average Bonchev–Trinajstić information content (AvgIpc) is 2.90. The average molecular weight is 278 g/mol. The maximum atomic E-state index is 11.2. The molecule has 2 heterocycles. The van der Waals surface area contributed by atoms with Crippen molar-refractivity contribution in [2.75, 3.05) is 5.32 Å². The maximum absolute atomic E-state index is 11.2. The Morgan fingerprint density at radius 1 is 1.50 bits per heavy atom. The summed E-state index contributed by atoms with van der Waals surface area (Å²) in [4.78, 5) is 10.8. The zero-order valence-electron chi connectivity index (χ0n) is 12.0. The molecule has 0 aliphatic heterocycles. The Hall–Kier alpha value is -2.38. The molecular formula is C12H18N6O2. The second-order valence-corrected chi connectivity index (χ2v) is 4.95. The fraction of sp³-hybridized carbons (Fsp3) is 0.500. The molecular weight excluding hydrogens is 260 g/mol. The first kappa shape index (κ1) is 14.0. The SMILES string of the molecule is Cc1nn(C(C)C)c(NCc2cn[nH]c2C)c1[N+](=O)[O-]. The summed E-state index contributed by atoms with van der Waals surface area (Å²) >= 11 is 0. The van der Waals surface area contributed by atoms with Crippen molar-refractivity contribution in [1.29, 1.82) is 0 Å². The van der Waals surface area contributed by atoms with Gasteiger partial charge in [0, 0.05) is 23.8 Å². The first-order valence-electron chi connectivity index (χ1n) is 6.38. The van der Waals surface area contributed by atoms with Crippen LogP contribution in [0.1, 0.15) is 36.8 Å². The predicted molar refractivity (Wildman–Crippen MR) is 74.7 cm³/mol. The summed E-state index contributed by atoms with van der Waals surface area (Å²) < 4.78 is 1.64. The van der Waals surface area contributed by atoms with Crippen molar-refractivity contribution >= 4 is 11.5 Å². The molecule has 20 heavy (non-hydrogen) atoms. The van der Waals surface area contributed by atoms with E-state index in [9.17, 15) is 10.1 Å². The molecule has 0 bridgehead atoms. The highest BCUT2D eigenvalue weighted by Gasteiger charge is 2.26. The Labute approximate surface area is 116 Å². The number of hydrogen-bond donors (Lipinski definition) is 2. The number of anilines is 1. The summed E-state index contributed by atoms with van der Waals surface area (Å²) in [6.07, 6.45) is 1.71. The van der Waals surface area contributed by atoms with E-state index in [4.69, 9.17) is 0 Å². The van der Waals surface area contributed by atoms with E-state index in [1.54, 1.807) is 17.8 Å². The lowest BCUT2D eigenvalue weighted by Crippen LogP contribution is -2.11. The van der Waals surface area contributed by atoms with Crippen LogP contribution < -0.4 is 5.32 Å². The van der Waals surface area contributed by atoms with Crippen LogP contribution in [0, 0.1) is 24.0 Å². The minimum absolute atomic E-state index is 0.0276. The third-order valence-electron chi connectivity index (χ3n) is 3.11. The van der Waals surface area contributed by atoms with Gasteiger partial charge in [-0.3, -0.25) is 15.2 Å². The largest absolute Gasteiger partial charge is 0.360 e. The Morgan fingerprint density at radius 3 is 2.70 bits per heavy atom. The van der Waals surface area contributed by atoms with Gasteiger partial charge in [-0.05, 0) is 27.7 Å². The lowest BCUT2D eigenvalue weighted by Gasteiger charge is -2.11. The number of rotatable bonds is 5. The van der Waals surface area contributed by atoms with Crippen LogP contribution in [0.25, 0.3) is 0 Å². The topological polar surface area (TPSA) is 102 Å². The second kappa shape index (κ2) is 5.32. The molecule has 2 aromatic heterocycles. The van der Waals surface area contributed by atoms with E-state index in [0.717, 1.165) is 11.3 Å². The molecule has 2 N–H and O–H groups in total. The second-order valence-electron chi connectivity index (χ2n) is 4.95. The van der Waals surface area contributed by atoms with Crippen molar-refractivity contribution in [3.8, 4) is 0 Å². The van der Waals surface area contributed by atoms with Crippen molar-refractivity contribution in [2.24, 2.45) is 0 Å². The number of nitrogens with one attached hydrogen (secondary N) is 2. The van der Waals surface area contributed by atoms with Gasteiger partial charge in [0.15, 0.2) is 0 Å². The van der Waals surface area contributed by atoms with E-state index < -0.39 is 4.92 Å². The smallest absolute Gasteiger partial charge is 0.333 e. The molecule has 0 aromatic carbocycles. The number of hydrogen-bond acceptors (Lipinski definition) is 5. The third-order valence-corrected chi connectivity index (χ3v) is 3.11. The van der Waals surface area contributed by atoms with E-state index in [1.807, 2.05) is 20.8 Å². The van der Waals surface area contributed by atoms with Gasteiger partial charge in [-0.1, -0.05) is 0 Å². The first-order chi connectivity index (χ1) is 9.41. The van der Waals surface area contributed by atoms with Crippen molar-refractivity contribution in [2.45, 2.75) is 40.3 Å². The van der Waals surface area contributed by atoms with Crippen LogP contribution in [0.4, 0.5) is 11.5 Å². The van der Waals surface area contributed by atoms with Gasteiger partial charge in [0.1, 0.15) is 5.69 Å². The van der Waals surface area contributed by atoms with Crippen molar-refractivity contribution in [3.63, 3.8) is 0 Å². The van der Waals surface area contributed by atoms with Crippen molar-refractivity contribution in [3.05, 3.63) is 33.3 Å². The predicted octanol–water partition coefficient (Wildman–Crippen LogP) is 2.32. The fourth-order valence-electron chi connectivity index (χ4n) is 2.03. The van der Waals surface area contributed by atoms with E-state index in [-0.39, 0.29) is 11.7 Å². The van der Waals surface area contributed by atoms with Gasteiger partial charge in [-0.2, -0.15) is 10.2 Å². The molecule has 108 valence electrons. The Kier molecular flexibility index (Phi) is 3.73. The van der Waals surface area contributed by atoms with Gasteiger partial charge in [-0.25, -0.2) is 4.68 Å². The molecule has 8 nitrogen and oxygen atoms in total. The van der Waals surface area contributed by atoms with Crippen LogP contribution in [0.2, 0.25) is 0 Å². The van der Waals surface area contributed by atoms with Gasteiger partial charge in [0.25, 0.3) is 0 Å². The molecule has 0 aliphatic carbocycles. The molecule has 2 rings (SSSR count). The summed E-state index contributed by atoms with van der Waals surface area (Å²) in [6, 6.07) is 0.0374. The van der Waals surface area contributed by atoms with Crippen LogP contribution >= 0.6 is 0 Å². The summed E-state index contributed by atoms with van der Waals surface area (Å²) in [7, 11) is 0. The van der Waals surface area contributed by atoms with E-state index >= 15 is 0 Å². The Balaban J connectivity index is 2.34. The van der Waals surface area contributed by atoms with Crippen molar-refractivity contribution < 1.29 is 4.92 Å². The van der Waals surface area contributed by atoms with Gasteiger partial charge < -0.3 is 5.32 Å². The normalized spacial score (nSPS) is 11.1. The summed E-state index contributed by atoms with van der Waals surface area (Å²) in [6.45, 7) is 7.88. The molecule has 0 amide bonds. The number of H-pyrrole nitrogens is 1. The highest BCUT2D eigenvalue weighted by molar-refractivity contribution is 5.60. The van der Waals surface area contributed by atoms with Crippen LogP contribution in [-0.2, 0) is 6.54 Å². The van der Waals surface area contributed by atoms with Gasteiger partial charge in [0.2, 0.25) is 5.82 Å². The molecule has 0 unspecified atom stereocenters. The summed E-state index contributed by atoms with van der Waals surface area (Å²) in [5.41, 5.74) is 2.34. The minimum atomic E-state index is -0.397. The Morgan fingerprint density at radius 2 is 2.20 bits per heavy atom. The lowest BCUT2D eigenvalue weighted by molar-refractivity contribution is -0.384. The fourth-order valence-corrected chi connectivity index (χ4v) is 2.03. The van der Waals surface area contributed by atoms with E-state index in [2.05, 4.69) is 20.6 Å². The molecule has 0 atom stereocenters. The Bertz CT molecular complexity index is 628. The monoisotopic (exact) mass is 278 g/mol. The maximum Gasteiger partial charge on any atom is 0.333 e. The molecule has 0 radical (unpaired) electrons. The van der Waals surface area contributed by atoms with Crippen LogP contribution in [0.15, 0.2) is 6.20 Å². The molecule has 0 aliphatic rings. The van der Waals surface area contributed by atoms with Crippen LogP contribution in [0.5, 0.6) is 0 Å². The molecule has 2 aromatic rings. The van der Waals surface area contributed by atoms with E-state index in [1.165, 1.54) is 0 Å². The number of aromatic nitrogens is 4. The summed E-state index contributed by atoms with van der Waals surface area (Å²) in [5.74, 6) is 0.433. The van der Waals surface area contributed by atoms with Gasteiger partial charge >= 0.3 is 5.69 Å². The standard InChI is InChI=1S/C12H18N6O2/c1-7(2)17-12(11(18(19)20)9(4)16-17)13-5-10-6-14-15-8(10)3/h6-7,13H,5H2,1-4H3,(H,14,15). The highest BCUT2D eigenvalue weighted by atomic mass is 16.6. The molecule has 8 heteroatoms. The van der Waals surface area contributed by atoms with Crippen LogP contribution in [0.3, 0.4) is 0 Å². The summed E-state index contributed by atoms with van der Waals surface area (Å²) in [5, 5.41) is 25.3. The number of nitro groups is 1. The van der Waals surface area contributed by atoms with Crippen LogP contribution in [-0.4, -0.2) is 24.9 Å². The van der Waals surface area contributed by atoms with Gasteiger partial charge in [-0.15, -0.1) is 0 Å². The van der Waals surface area contributed by atoms with E-state index in [0.29, 0.717) is 18.1 Å². The zero-order chi connectivity index (χ0) is 14.9. The highest BCUT2D eigenvalue weighted by Crippen LogP contribution is 2.30. The third kappa shape index (κ3) is 2.49. The minimum Gasteiger partial charge on any atom is -0.360 e. The number of aromatic amines is 1. The molecule has 0 saturated heterocycles. The molecule has 0 saturated carbocycles. The van der Waals surface area contributed by atoms with Crippen molar-refractivity contribution in [1.82, 2.24) is 20.0 Å². The number of nitrogens with zero attached hydrogens (tertiary/aromatic N) is 4. The number of aryl methyl sites for hydroxylation is 2. The molecule has 0 fully saturated rings. The van der Waals surface area contributed by atoms with Gasteiger partial charge in [0.05, 0.1) is 11.1 Å². The zero-order valence-corrected chi connectivity index (χ0v) is 12.0. The lowest BCUT2D eigenvalue weighted by atomic mass is 10.2. The molecule has 0 spiro atoms. The first-order valence-corrected chi connectivity index (χ1v) is 6.38. The quantitative estimate of drug-likeness (QED) is 0.645.